The lowest BCUT2D eigenvalue weighted by molar-refractivity contribution is 0.138. The SMILES string of the molecule is O=C(O)Oc1nccn1Cc1ccccc1. The maximum atomic E-state index is 10.4. The summed E-state index contributed by atoms with van der Waals surface area (Å²) in [4.78, 5) is 14.2. The highest BCUT2D eigenvalue weighted by molar-refractivity contribution is 5.59. The van der Waals surface area contributed by atoms with Crippen LogP contribution >= 0.6 is 0 Å². The van der Waals surface area contributed by atoms with E-state index >= 15 is 0 Å². The Morgan fingerprint density at radius 1 is 1.38 bits per heavy atom. The molecule has 5 nitrogen and oxygen atoms in total. The van der Waals surface area contributed by atoms with Crippen LogP contribution in [0.15, 0.2) is 42.7 Å². The lowest BCUT2D eigenvalue weighted by Crippen LogP contribution is -2.09. The summed E-state index contributed by atoms with van der Waals surface area (Å²) in [6.07, 6.45) is 1.81. The van der Waals surface area contributed by atoms with Gasteiger partial charge in [-0.15, -0.1) is 0 Å². The van der Waals surface area contributed by atoms with E-state index in [1.807, 2.05) is 30.3 Å². The summed E-state index contributed by atoms with van der Waals surface area (Å²) in [7, 11) is 0. The Bertz CT molecular complexity index is 479. The Morgan fingerprint density at radius 3 is 2.81 bits per heavy atom. The van der Waals surface area contributed by atoms with E-state index in [-0.39, 0.29) is 6.01 Å². The van der Waals surface area contributed by atoms with Gasteiger partial charge in [-0.25, -0.2) is 9.78 Å². The molecule has 2 rings (SSSR count). The van der Waals surface area contributed by atoms with E-state index in [9.17, 15) is 4.79 Å². The van der Waals surface area contributed by atoms with Crippen LogP contribution in [0.2, 0.25) is 0 Å². The van der Waals surface area contributed by atoms with Crippen LogP contribution in [0.4, 0.5) is 4.79 Å². The number of benzene rings is 1. The van der Waals surface area contributed by atoms with Crippen LogP contribution in [0.3, 0.4) is 0 Å². The first-order chi connectivity index (χ1) is 7.75. The molecule has 0 radical (unpaired) electrons. The zero-order chi connectivity index (χ0) is 11.4. The molecule has 1 aromatic carbocycles. The molecule has 1 aromatic heterocycles. The molecule has 0 aliphatic rings. The van der Waals surface area contributed by atoms with Crippen molar-refractivity contribution in [1.82, 2.24) is 9.55 Å². The van der Waals surface area contributed by atoms with Gasteiger partial charge in [0.1, 0.15) is 0 Å². The smallest absolute Gasteiger partial charge is 0.449 e. The second kappa shape index (κ2) is 4.48. The van der Waals surface area contributed by atoms with Gasteiger partial charge < -0.3 is 9.84 Å². The normalized spacial score (nSPS) is 10.0. The minimum absolute atomic E-state index is 0.0800. The first kappa shape index (κ1) is 10.2. The van der Waals surface area contributed by atoms with Gasteiger partial charge in [-0.3, -0.25) is 4.57 Å². The van der Waals surface area contributed by atoms with E-state index in [0.717, 1.165) is 5.56 Å². The molecular weight excluding hydrogens is 208 g/mol. The van der Waals surface area contributed by atoms with Crippen LogP contribution < -0.4 is 4.74 Å². The minimum atomic E-state index is -1.36. The van der Waals surface area contributed by atoms with E-state index in [2.05, 4.69) is 9.72 Å². The largest absolute Gasteiger partial charge is 0.513 e. The molecule has 1 heterocycles. The van der Waals surface area contributed by atoms with E-state index < -0.39 is 6.16 Å². The van der Waals surface area contributed by atoms with Crippen molar-refractivity contribution >= 4 is 6.16 Å². The maximum absolute atomic E-state index is 10.4. The van der Waals surface area contributed by atoms with Gasteiger partial charge in [0.25, 0.3) is 0 Å². The highest BCUT2D eigenvalue weighted by Crippen LogP contribution is 2.11. The van der Waals surface area contributed by atoms with Crippen LogP contribution in [0.5, 0.6) is 6.01 Å². The van der Waals surface area contributed by atoms with E-state index in [0.29, 0.717) is 6.54 Å². The lowest BCUT2D eigenvalue weighted by atomic mass is 10.2. The van der Waals surface area contributed by atoms with Gasteiger partial charge in [-0.2, -0.15) is 0 Å². The first-order valence-electron chi connectivity index (χ1n) is 4.71. The van der Waals surface area contributed by atoms with Crippen molar-refractivity contribution in [3.05, 3.63) is 48.3 Å². The van der Waals surface area contributed by atoms with E-state index in [1.54, 1.807) is 10.8 Å². The van der Waals surface area contributed by atoms with Gasteiger partial charge in [0.15, 0.2) is 0 Å². The van der Waals surface area contributed by atoms with Gasteiger partial charge in [-0.05, 0) is 5.56 Å². The Kier molecular flexibility index (Phi) is 2.86. The summed E-state index contributed by atoms with van der Waals surface area (Å²) in [5.74, 6) is 0. The Hall–Kier alpha value is -2.30. The average Bonchev–Trinajstić information content (AvgIpc) is 2.66. The van der Waals surface area contributed by atoms with Gasteiger partial charge >= 0.3 is 12.2 Å². The van der Waals surface area contributed by atoms with Crippen molar-refractivity contribution in [2.24, 2.45) is 0 Å². The molecular formula is C11H10N2O3. The summed E-state index contributed by atoms with van der Waals surface area (Å²) in [5.41, 5.74) is 1.05. The van der Waals surface area contributed by atoms with Crippen LogP contribution in [0, 0.1) is 0 Å². The van der Waals surface area contributed by atoms with Crippen molar-refractivity contribution in [3.8, 4) is 6.01 Å². The number of carbonyl (C=O) groups is 1. The summed E-state index contributed by atoms with van der Waals surface area (Å²) < 4.78 is 6.15. The summed E-state index contributed by atoms with van der Waals surface area (Å²) in [6.45, 7) is 0.531. The number of aromatic nitrogens is 2. The fourth-order valence-corrected chi connectivity index (χ4v) is 1.38. The Balaban J connectivity index is 2.16. The summed E-state index contributed by atoms with van der Waals surface area (Å²) >= 11 is 0. The van der Waals surface area contributed by atoms with Gasteiger partial charge in [0.05, 0.1) is 6.54 Å². The molecule has 5 heteroatoms. The van der Waals surface area contributed by atoms with Crippen LogP contribution in [-0.4, -0.2) is 20.8 Å². The molecule has 0 saturated carbocycles. The highest BCUT2D eigenvalue weighted by atomic mass is 16.7. The number of carboxylic acid groups (broad SMARTS) is 1. The quantitative estimate of drug-likeness (QED) is 0.800. The second-order valence-corrected chi connectivity index (χ2v) is 3.19. The molecule has 0 spiro atoms. The van der Waals surface area contributed by atoms with Crippen LogP contribution in [-0.2, 0) is 6.54 Å². The van der Waals surface area contributed by atoms with Gasteiger partial charge in [0, 0.05) is 12.4 Å². The number of hydrogen-bond acceptors (Lipinski definition) is 3. The number of hydrogen-bond donors (Lipinski definition) is 1. The molecule has 0 fully saturated rings. The summed E-state index contributed by atoms with van der Waals surface area (Å²) in [6, 6.07) is 9.74. The standard InChI is InChI=1S/C11H10N2O3/c14-11(15)16-10-12-6-7-13(10)8-9-4-2-1-3-5-9/h1-7H,8H2,(H,14,15). The van der Waals surface area contributed by atoms with Crippen molar-refractivity contribution in [2.45, 2.75) is 6.54 Å². The predicted octanol–water partition coefficient (Wildman–Crippen LogP) is 1.99. The number of rotatable bonds is 3. The van der Waals surface area contributed by atoms with E-state index in [1.165, 1.54) is 6.20 Å². The van der Waals surface area contributed by atoms with Crippen molar-refractivity contribution < 1.29 is 14.6 Å². The fourth-order valence-electron chi connectivity index (χ4n) is 1.38. The molecule has 0 amide bonds. The maximum Gasteiger partial charge on any atom is 0.513 e. The Morgan fingerprint density at radius 2 is 2.12 bits per heavy atom. The van der Waals surface area contributed by atoms with Gasteiger partial charge in [-0.1, -0.05) is 30.3 Å². The molecule has 16 heavy (non-hydrogen) atoms. The average molecular weight is 218 g/mol. The third kappa shape index (κ3) is 2.38. The summed E-state index contributed by atoms with van der Waals surface area (Å²) in [5, 5.41) is 8.50. The number of nitrogens with zero attached hydrogens (tertiary/aromatic N) is 2. The third-order valence-electron chi connectivity index (χ3n) is 2.05. The Labute approximate surface area is 91.9 Å². The zero-order valence-corrected chi connectivity index (χ0v) is 8.41. The molecule has 82 valence electrons. The lowest BCUT2D eigenvalue weighted by Gasteiger charge is -2.05. The molecule has 0 atom stereocenters. The van der Waals surface area contributed by atoms with Crippen molar-refractivity contribution in [2.75, 3.05) is 0 Å². The fraction of sp³-hybridized carbons (Fsp3) is 0.0909. The van der Waals surface area contributed by atoms with Crippen LogP contribution in [0.25, 0.3) is 0 Å². The third-order valence-corrected chi connectivity index (χ3v) is 2.05. The molecule has 0 bridgehead atoms. The minimum Gasteiger partial charge on any atom is -0.449 e. The first-order valence-corrected chi connectivity index (χ1v) is 4.71. The van der Waals surface area contributed by atoms with Crippen LogP contribution in [0.1, 0.15) is 5.56 Å². The number of imidazole rings is 1. The molecule has 2 aromatic rings. The molecule has 0 aliphatic heterocycles. The monoisotopic (exact) mass is 218 g/mol. The molecule has 1 N–H and O–H groups in total. The molecule has 0 saturated heterocycles. The van der Waals surface area contributed by atoms with Gasteiger partial charge in [0.2, 0.25) is 0 Å². The molecule has 0 aliphatic carbocycles. The predicted molar refractivity (Wildman–Crippen MR) is 56.4 cm³/mol. The topological polar surface area (TPSA) is 64.3 Å². The second-order valence-electron chi connectivity index (χ2n) is 3.19. The van der Waals surface area contributed by atoms with E-state index in [4.69, 9.17) is 5.11 Å². The molecule has 0 unspecified atom stereocenters. The number of ether oxygens (including phenoxy) is 1. The van der Waals surface area contributed by atoms with Crippen molar-refractivity contribution in [3.63, 3.8) is 0 Å². The zero-order valence-electron chi connectivity index (χ0n) is 8.41. The highest BCUT2D eigenvalue weighted by Gasteiger charge is 2.08. The van der Waals surface area contributed by atoms with Crippen molar-refractivity contribution in [1.29, 1.82) is 0 Å².